The van der Waals surface area contributed by atoms with Gasteiger partial charge in [0.2, 0.25) is 0 Å². The number of nitrogens with zero attached hydrogens (tertiary/aromatic N) is 2. The minimum Gasteiger partial charge on any atom is -3.00 e. The summed E-state index contributed by atoms with van der Waals surface area (Å²) in [5.41, 5.74) is 0. The van der Waals surface area contributed by atoms with E-state index in [1.165, 1.54) is 0 Å². The normalized spacial score (nSPS) is 0. The largest absolute Gasteiger partial charge is 4.00 e. The Morgan fingerprint density at radius 2 is 0.750 bits per heavy atom. The fourth-order valence-electron chi connectivity index (χ4n) is 0. The smallest absolute Gasteiger partial charge is 3.00 e. The van der Waals surface area contributed by atoms with Gasteiger partial charge >= 0.3 is 34.7 Å². The molecule has 21 valence electrons. The van der Waals surface area contributed by atoms with E-state index in [1.807, 2.05) is 0 Å². The van der Waals surface area contributed by atoms with Gasteiger partial charge in [-0.05, 0) is 0 Å². The summed E-state index contributed by atoms with van der Waals surface area (Å²) in [6.07, 6.45) is 0. The first-order chi connectivity index (χ1) is 0. The van der Waals surface area contributed by atoms with Crippen LogP contribution in [-0.2, 0) is 17.1 Å². The fourth-order valence-corrected chi connectivity index (χ4v) is 0. The van der Waals surface area contributed by atoms with Crippen LogP contribution in [0.4, 0.5) is 0 Å². The number of hydrogen-bond donors (Lipinski definition) is 0. The van der Waals surface area contributed by atoms with Gasteiger partial charge in [0.25, 0.3) is 0 Å². The molecule has 0 aliphatic rings. The molecule has 0 fully saturated rings. The molecule has 4 heavy (non-hydrogen) atoms. The molecule has 0 heterocycles. The van der Waals surface area contributed by atoms with E-state index in [0.29, 0.717) is 0 Å². The summed E-state index contributed by atoms with van der Waals surface area (Å²) in [5.74, 6) is 0. The van der Waals surface area contributed by atoms with Gasteiger partial charge in [0.05, 0.1) is 0 Å². The summed E-state index contributed by atoms with van der Waals surface area (Å²) in [4.78, 5) is 0. The molecule has 0 aromatic carbocycles. The van der Waals surface area contributed by atoms with Gasteiger partial charge < -0.3 is 12.3 Å². The Morgan fingerprint density at radius 1 is 0.750 bits per heavy atom. The predicted octanol–water partition coefficient (Wildman–Crippen LogP) is 0.194. The van der Waals surface area contributed by atoms with E-state index in [1.54, 1.807) is 0 Å². The van der Waals surface area contributed by atoms with Crippen molar-refractivity contribution in [1.82, 2.24) is 0 Å². The summed E-state index contributed by atoms with van der Waals surface area (Å²) in [6, 6.07) is 0. The maximum atomic E-state index is 0. The molecule has 0 aromatic rings. The number of rotatable bonds is 0. The maximum absolute atomic E-state index is 0. The summed E-state index contributed by atoms with van der Waals surface area (Å²) in [7, 11) is 0. The van der Waals surface area contributed by atoms with Crippen LogP contribution in [0.15, 0.2) is 0 Å². The summed E-state index contributed by atoms with van der Waals surface area (Å²) in [5, 5.41) is 0. The summed E-state index contributed by atoms with van der Waals surface area (Å²) >= 11 is 0. The van der Waals surface area contributed by atoms with Gasteiger partial charge in [-0.1, -0.05) is 0 Å². The van der Waals surface area contributed by atoms with E-state index in [4.69, 9.17) is 0 Å². The van der Waals surface area contributed by atoms with Gasteiger partial charge in [-0.2, -0.15) is 0 Å². The Bertz CT molecular complexity index is 6.00. The molecule has 0 aliphatic heterocycles. The van der Waals surface area contributed by atoms with Crippen molar-refractivity contribution in [1.29, 1.82) is 0 Å². The van der Waals surface area contributed by atoms with Gasteiger partial charge in [0.15, 0.2) is 0 Å². The SMILES string of the molecule is [Ge+4].[Mn+2].[N-3].[N-3]. The van der Waals surface area contributed by atoms with Gasteiger partial charge in [0.1, 0.15) is 0 Å². The average Bonchev–Trinajstić information content (AvgIpc) is 0. The van der Waals surface area contributed by atoms with Crippen molar-refractivity contribution in [3.63, 3.8) is 0 Å². The van der Waals surface area contributed by atoms with Crippen LogP contribution in [-0.4, -0.2) is 17.6 Å². The molecule has 0 rings (SSSR count). The Kier molecular flexibility index (Phi) is 751. The first-order valence-electron chi connectivity index (χ1n) is 0. The monoisotopic (exact) mass is 157 g/mol. The van der Waals surface area contributed by atoms with Gasteiger partial charge in [-0.25, -0.2) is 0 Å². The quantitative estimate of drug-likeness (QED) is 0.449. The third-order valence-electron chi connectivity index (χ3n) is 0. The van der Waals surface area contributed by atoms with Crippen LogP contribution in [0.25, 0.3) is 12.3 Å². The average molecular weight is 156 g/mol. The molecule has 0 bridgehead atoms. The first kappa shape index (κ1) is 81.9. The molecule has 0 atom stereocenters. The molecule has 0 spiro atoms. The first-order valence-corrected chi connectivity index (χ1v) is 0. The van der Waals surface area contributed by atoms with Crippen LogP contribution in [0.5, 0.6) is 0 Å². The predicted molar refractivity (Wildman–Crippen MR) is 12.5 cm³/mol. The Hall–Kier alpha value is 0.982. The summed E-state index contributed by atoms with van der Waals surface area (Å²) < 4.78 is 0. The fraction of sp³-hybridized carbons (Fsp3) is 0. The molecule has 4 heteroatoms. The van der Waals surface area contributed by atoms with E-state index in [9.17, 15) is 0 Å². The second-order valence-corrected chi connectivity index (χ2v) is 0. The van der Waals surface area contributed by atoms with Crippen molar-refractivity contribution in [2.45, 2.75) is 0 Å². The maximum Gasteiger partial charge on any atom is 4.00 e. The summed E-state index contributed by atoms with van der Waals surface area (Å²) in [6.45, 7) is 0. The van der Waals surface area contributed by atoms with Crippen molar-refractivity contribution < 1.29 is 17.1 Å². The third-order valence-corrected chi connectivity index (χ3v) is 0. The van der Waals surface area contributed by atoms with Gasteiger partial charge in [0, 0.05) is 0 Å². The Balaban J connectivity index is 0. The van der Waals surface area contributed by atoms with E-state index >= 15 is 0 Å². The van der Waals surface area contributed by atoms with Crippen molar-refractivity contribution in [2.24, 2.45) is 0 Å². The zero-order valence-electron chi connectivity index (χ0n) is 1.77. The van der Waals surface area contributed by atoms with Crippen LogP contribution in [0.2, 0.25) is 0 Å². The molecule has 0 N–H and O–H groups in total. The molecular formula is GeMnN2. The van der Waals surface area contributed by atoms with Crippen LogP contribution >= 0.6 is 0 Å². The molecule has 0 saturated heterocycles. The minimum absolute atomic E-state index is 0. The second kappa shape index (κ2) is 36.7. The zero-order valence-corrected chi connectivity index (χ0v) is 5.05. The van der Waals surface area contributed by atoms with Crippen LogP contribution < -0.4 is 0 Å². The van der Waals surface area contributed by atoms with Crippen molar-refractivity contribution in [3.05, 3.63) is 12.3 Å². The molecular weight excluding hydrogens is 156 g/mol. The van der Waals surface area contributed by atoms with Crippen molar-refractivity contribution >= 4 is 17.6 Å². The van der Waals surface area contributed by atoms with Crippen LogP contribution in [0, 0.1) is 0 Å². The van der Waals surface area contributed by atoms with E-state index in [2.05, 4.69) is 0 Å². The Labute approximate surface area is 47.3 Å². The van der Waals surface area contributed by atoms with Crippen molar-refractivity contribution in [3.8, 4) is 0 Å². The standard InChI is InChI=1S/Ge.Mn.2N/q+4;+2;2*-3. The number of hydrogen-bond acceptors (Lipinski definition) is 0. The topological polar surface area (TPSA) is 61.0 Å². The third kappa shape index (κ3) is 12.1. The van der Waals surface area contributed by atoms with Crippen LogP contribution in [0.3, 0.4) is 0 Å². The van der Waals surface area contributed by atoms with E-state index < -0.39 is 0 Å². The zero-order chi connectivity index (χ0) is 0. The van der Waals surface area contributed by atoms with Crippen LogP contribution in [0.1, 0.15) is 0 Å². The van der Waals surface area contributed by atoms with Gasteiger partial charge in [-0.15, -0.1) is 0 Å². The molecule has 0 saturated carbocycles. The molecule has 0 aliphatic carbocycles. The van der Waals surface area contributed by atoms with Gasteiger partial charge in [-0.3, -0.25) is 0 Å². The molecule has 1 radical (unpaired) electrons. The minimum atomic E-state index is 0. The molecule has 0 amide bonds. The molecule has 0 aromatic heterocycles. The van der Waals surface area contributed by atoms with E-state index in [-0.39, 0.29) is 47.0 Å². The molecule has 2 nitrogen and oxygen atoms in total. The Morgan fingerprint density at radius 3 is 0.750 bits per heavy atom. The van der Waals surface area contributed by atoms with Crippen molar-refractivity contribution in [2.75, 3.05) is 0 Å². The molecule has 0 unspecified atom stereocenters. The second-order valence-electron chi connectivity index (χ2n) is 0. The van der Waals surface area contributed by atoms with E-state index in [0.717, 1.165) is 0 Å².